The Morgan fingerprint density at radius 3 is 2.63 bits per heavy atom. The van der Waals surface area contributed by atoms with Crippen LogP contribution in [0.2, 0.25) is 0 Å². The van der Waals surface area contributed by atoms with Gasteiger partial charge in [-0.1, -0.05) is 64.1 Å². The maximum atomic E-state index is 11.1. The van der Waals surface area contributed by atoms with E-state index < -0.39 is 6.16 Å². The third-order valence-corrected chi connectivity index (χ3v) is 5.74. The van der Waals surface area contributed by atoms with Crippen molar-refractivity contribution in [2.24, 2.45) is 5.41 Å². The molecular formula is C22H31NO3S. The summed E-state index contributed by atoms with van der Waals surface area (Å²) in [5.74, 6) is 0.444. The van der Waals surface area contributed by atoms with Gasteiger partial charge < -0.3 is 14.7 Å². The van der Waals surface area contributed by atoms with Crippen molar-refractivity contribution in [2.45, 2.75) is 52.2 Å². The molecule has 0 aliphatic carbocycles. The number of allylic oxidation sites excluding steroid dienone is 1. The van der Waals surface area contributed by atoms with Gasteiger partial charge in [0.1, 0.15) is 5.03 Å². The molecule has 1 aromatic carbocycles. The molecule has 0 spiro atoms. The van der Waals surface area contributed by atoms with Crippen LogP contribution in [-0.2, 0) is 11.2 Å². The van der Waals surface area contributed by atoms with Crippen molar-refractivity contribution >= 4 is 17.9 Å². The first-order valence-corrected chi connectivity index (χ1v) is 10.4. The first-order valence-electron chi connectivity index (χ1n) is 9.52. The molecule has 0 bridgehead atoms. The Hall–Kier alpha value is -1.88. The second-order valence-corrected chi connectivity index (χ2v) is 9.58. The first kappa shape index (κ1) is 21.4. The topological polar surface area (TPSA) is 49.8 Å². The molecule has 5 heteroatoms. The number of carbonyl (C=O) groups is 1. The maximum absolute atomic E-state index is 11.1. The van der Waals surface area contributed by atoms with E-state index in [0.29, 0.717) is 11.0 Å². The summed E-state index contributed by atoms with van der Waals surface area (Å²) in [6.07, 6.45) is 5.56. The molecule has 0 fully saturated rings. The maximum Gasteiger partial charge on any atom is 0.511 e. The molecule has 148 valence electrons. The lowest BCUT2D eigenvalue weighted by Gasteiger charge is -2.33. The van der Waals surface area contributed by atoms with E-state index in [0.717, 1.165) is 37.4 Å². The number of nitrogens with zero attached hydrogens (tertiary/aromatic N) is 1. The number of benzene rings is 1. The number of carboxylic acid groups (broad SMARTS) is 1. The van der Waals surface area contributed by atoms with E-state index in [1.165, 1.54) is 5.56 Å². The molecule has 1 aliphatic rings. The summed E-state index contributed by atoms with van der Waals surface area (Å²) in [6, 6.07) is 10.5. The molecule has 0 amide bonds. The van der Waals surface area contributed by atoms with E-state index in [9.17, 15) is 4.79 Å². The van der Waals surface area contributed by atoms with Crippen molar-refractivity contribution in [3.63, 3.8) is 0 Å². The standard InChI is InChI=1S/C22H31NO3S/c1-17(12-13-18-9-6-5-7-10-18)27-20-19(26-21(24)25)11-8-15-23(20)16-14-22(2,3)4/h5-11,17H,12-16H2,1-4H3,(H,24,25)/t17-/m1/s1. The van der Waals surface area contributed by atoms with E-state index in [1.807, 2.05) is 12.1 Å². The normalized spacial score (nSPS) is 15.8. The lowest BCUT2D eigenvalue weighted by molar-refractivity contribution is 0.119. The second kappa shape index (κ2) is 9.88. The summed E-state index contributed by atoms with van der Waals surface area (Å²) in [6.45, 7) is 10.5. The Bertz CT molecular complexity index is 677. The Morgan fingerprint density at radius 2 is 2.00 bits per heavy atom. The lowest BCUT2D eigenvalue weighted by atomic mass is 9.92. The number of aryl methyl sites for hydroxylation is 1. The van der Waals surface area contributed by atoms with Crippen LogP contribution in [0.5, 0.6) is 0 Å². The van der Waals surface area contributed by atoms with Gasteiger partial charge in [-0.3, -0.25) is 0 Å². The van der Waals surface area contributed by atoms with Gasteiger partial charge in [-0.2, -0.15) is 0 Å². The minimum Gasteiger partial charge on any atom is -0.449 e. The van der Waals surface area contributed by atoms with Crippen molar-refractivity contribution < 1.29 is 14.6 Å². The van der Waals surface area contributed by atoms with E-state index in [1.54, 1.807) is 17.8 Å². The quantitative estimate of drug-likeness (QED) is 0.560. The van der Waals surface area contributed by atoms with E-state index in [2.05, 4.69) is 56.9 Å². The van der Waals surface area contributed by atoms with Crippen molar-refractivity contribution in [3.8, 4) is 0 Å². The van der Waals surface area contributed by atoms with Crippen LogP contribution in [-0.4, -0.2) is 34.5 Å². The smallest absolute Gasteiger partial charge is 0.449 e. The molecule has 0 unspecified atom stereocenters. The highest BCUT2D eigenvalue weighted by atomic mass is 32.2. The Morgan fingerprint density at radius 1 is 1.30 bits per heavy atom. The number of thioether (sulfide) groups is 1. The first-order chi connectivity index (χ1) is 12.7. The SMILES string of the molecule is C[C@H](CCc1ccccc1)SC1=C(OC(=O)O)C=CCN1CCC(C)(C)C. The van der Waals surface area contributed by atoms with Gasteiger partial charge in [0.25, 0.3) is 0 Å². The molecule has 2 rings (SSSR count). The Kier molecular flexibility index (Phi) is 7.84. The fourth-order valence-electron chi connectivity index (χ4n) is 2.83. The van der Waals surface area contributed by atoms with Crippen LogP contribution >= 0.6 is 11.8 Å². The molecule has 0 radical (unpaired) electrons. The molecule has 1 aliphatic heterocycles. The highest BCUT2D eigenvalue weighted by Crippen LogP contribution is 2.34. The van der Waals surface area contributed by atoms with Gasteiger partial charge in [0.2, 0.25) is 0 Å². The zero-order valence-corrected chi connectivity index (χ0v) is 17.6. The summed E-state index contributed by atoms with van der Waals surface area (Å²) in [5.41, 5.74) is 1.55. The van der Waals surface area contributed by atoms with Crippen molar-refractivity contribution in [1.82, 2.24) is 4.90 Å². The van der Waals surface area contributed by atoms with Gasteiger partial charge in [-0.25, -0.2) is 4.79 Å². The Labute approximate surface area is 167 Å². The number of rotatable bonds is 8. The molecule has 27 heavy (non-hydrogen) atoms. The van der Waals surface area contributed by atoms with Gasteiger partial charge in [0.05, 0.1) is 0 Å². The molecule has 1 N–H and O–H groups in total. The predicted octanol–water partition coefficient (Wildman–Crippen LogP) is 5.91. The number of hydrogen-bond donors (Lipinski definition) is 1. The zero-order valence-electron chi connectivity index (χ0n) is 16.8. The molecule has 1 heterocycles. The number of ether oxygens (including phenoxy) is 1. The van der Waals surface area contributed by atoms with Crippen LogP contribution in [0.3, 0.4) is 0 Å². The van der Waals surface area contributed by atoms with Crippen LogP contribution in [0.1, 0.15) is 46.1 Å². The van der Waals surface area contributed by atoms with E-state index >= 15 is 0 Å². The molecule has 1 atom stereocenters. The monoisotopic (exact) mass is 389 g/mol. The zero-order chi connectivity index (χ0) is 19.9. The van der Waals surface area contributed by atoms with Crippen molar-refractivity contribution in [2.75, 3.05) is 13.1 Å². The minimum atomic E-state index is -1.26. The van der Waals surface area contributed by atoms with E-state index in [-0.39, 0.29) is 5.41 Å². The fraction of sp³-hybridized carbons (Fsp3) is 0.500. The predicted molar refractivity (Wildman–Crippen MR) is 113 cm³/mol. The summed E-state index contributed by atoms with van der Waals surface area (Å²) in [5, 5.41) is 10.4. The van der Waals surface area contributed by atoms with Crippen LogP contribution in [0.4, 0.5) is 4.79 Å². The van der Waals surface area contributed by atoms with Gasteiger partial charge >= 0.3 is 6.16 Å². The van der Waals surface area contributed by atoms with Crippen molar-refractivity contribution in [3.05, 3.63) is 58.8 Å². The van der Waals surface area contributed by atoms with Crippen LogP contribution in [0.25, 0.3) is 0 Å². The van der Waals surface area contributed by atoms with Crippen molar-refractivity contribution in [1.29, 1.82) is 0 Å². The molecule has 0 saturated carbocycles. The van der Waals surface area contributed by atoms with Gasteiger partial charge in [0, 0.05) is 18.3 Å². The molecule has 1 aromatic rings. The summed E-state index contributed by atoms with van der Waals surface area (Å²) >= 11 is 1.71. The molecular weight excluding hydrogens is 358 g/mol. The molecule has 4 nitrogen and oxygen atoms in total. The second-order valence-electron chi connectivity index (χ2n) is 8.15. The lowest BCUT2D eigenvalue weighted by Crippen LogP contribution is -2.30. The summed E-state index contributed by atoms with van der Waals surface area (Å²) in [4.78, 5) is 13.4. The average Bonchev–Trinajstić information content (AvgIpc) is 2.60. The van der Waals surface area contributed by atoms with Gasteiger partial charge in [0.15, 0.2) is 5.76 Å². The highest BCUT2D eigenvalue weighted by molar-refractivity contribution is 8.03. The summed E-state index contributed by atoms with van der Waals surface area (Å²) in [7, 11) is 0. The largest absolute Gasteiger partial charge is 0.511 e. The number of hydrogen-bond acceptors (Lipinski definition) is 4. The van der Waals surface area contributed by atoms with Gasteiger partial charge in [-0.05, 0) is 36.3 Å². The van der Waals surface area contributed by atoms with E-state index in [4.69, 9.17) is 9.84 Å². The average molecular weight is 390 g/mol. The van der Waals surface area contributed by atoms with Crippen LogP contribution in [0.15, 0.2) is 53.3 Å². The minimum absolute atomic E-state index is 0.226. The molecule has 0 aromatic heterocycles. The summed E-state index contributed by atoms with van der Waals surface area (Å²) < 4.78 is 5.08. The highest BCUT2D eigenvalue weighted by Gasteiger charge is 2.24. The van der Waals surface area contributed by atoms with Gasteiger partial charge in [-0.15, -0.1) is 11.8 Å². The van der Waals surface area contributed by atoms with Crippen LogP contribution < -0.4 is 0 Å². The Balaban J connectivity index is 2.07. The fourth-order valence-corrected chi connectivity index (χ4v) is 3.99. The third-order valence-electron chi connectivity index (χ3n) is 4.42. The third kappa shape index (κ3) is 7.71. The molecule has 0 saturated heterocycles. The van der Waals surface area contributed by atoms with Crippen LogP contribution in [0, 0.1) is 5.41 Å².